The first-order valence-electron chi connectivity index (χ1n) is 6.98. The maximum Gasteiger partial charge on any atom is 0.262 e. The Hall–Kier alpha value is -3.01. The molecule has 110 valence electrons. The Morgan fingerprint density at radius 3 is 2.50 bits per heavy atom. The molecule has 0 atom stereocenters. The number of ether oxygens (including phenoxy) is 1. The molecule has 0 fully saturated rings. The Morgan fingerprint density at radius 1 is 0.955 bits per heavy atom. The minimum atomic E-state index is -0.244. The fourth-order valence-corrected chi connectivity index (χ4v) is 2.20. The van der Waals surface area contributed by atoms with Crippen LogP contribution in [0.3, 0.4) is 0 Å². The Balaban J connectivity index is 1.63. The van der Waals surface area contributed by atoms with Gasteiger partial charge in [-0.3, -0.25) is 4.79 Å². The van der Waals surface area contributed by atoms with Crippen LogP contribution in [0.5, 0.6) is 5.75 Å². The number of hydrogen-bond acceptors (Lipinski definition) is 3. The lowest BCUT2D eigenvalue weighted by molar-refractivity contribution is -0.118. The summed E-state index contributed by atoms with van der Waals surface area (Å²) in [5.74, 6) is 0.418. The maximum absolute atomic E-state index is 11.9. The fourth-order valence-electron chi connectivity index (χ4n) is 2.20. The lowest BCUT2D eigenvalue weighted by Gasteiger charge is -2.09. The molecule has 0 aliphatic rings. The van der Waals surface area contributed by atoms with Crippen molar-refractivity contribution in [3.05, 3.63) is 66.7 Å². The third-order valence-corrected chi connectivity index (χ3v) is 3.33. The summed E-state index contributed by atoms with van der Waals surface area (Å²) >= 11 is 0. The van der Waals surface area contributed by atoms with Crippen LogP contribution in [-0.4, -0.2) is 12.5 Å². The van der Waals surface area contributed by atoms with E-state index < -0.39 is 0 Å². The average molecular weight is 292 g/mol. The largest absolute Gasteiger partial charge is 0.484 e. The zero-order chi connectivity index (χ0) is 15.4. The Labute approximate surface area is 128 Å². The Bertz CT molecular complexity index is 815. The van der Waals surface area contributed by atoms with Crippen LogP contribution in [0.25, 0.3) is 10.8 Å². The van der Waals surface area contributed by atoms with Crippen LogP contribution in [0.2, 0.25) is 0 Å². The number of rotatable bonds is 4. The molecule has 0 bridgehead atoms. The standard InChI is InChI=1S/C18H16N2O2/c19-16-7-3-4-8-17(16)20-18(21)12-22-15-10-9-13-5-1-2-6-14(13)11-15/h1-11H,12,19H2,(H,20,21). The monoisotopic (exact) mass is 292 g/mol. The molecule has 22 heavy (non-hydrogen) atoms. The number of anilines is 2. The number of nitrogen functional groups attached to an aromatic ring is 1. The van der Waals surface area contributed by atoms with Crippen molar-refractivity contribution in [2.24, 2.45) is 0 Å². The van der Waals surface area contributed by atoms with Crippen LogP contribution >= 0.6 is 0 Å². The van der Waals surface area contributed by atoms with Gasteiger partial charge in [-0.05, 0) is 35.0 Å². The first-order chi connectivity index (χ1) is 10.7. The first-order valence-corrected chi connectivity index (χ1v) is 6.98. The molecule has 4 nitrogen and oxygen atoms in total. The van der Waals surface area contributed by atoms with Gasteiger partial charge in [-0.25, -0.2) is 0 Å². The summed E-state index contributed by atoms with van der Waals surface area (Å²) in [7, 11) is 0. The van der Waals surface area contributed by atoms with Crippen molar-refractivity contribution in [2.45, 2.75) is 0 Å². The zero-order valence-corrected chi connectivity index (χ0v) is 12.0. The number of amides is 1. The first kappa shape index (κ1) is 13.9. The molecule has 0 aliphatic carbocycles. The molecule has 0 saturated carbocycles. The van der Waals surface area contributed by atoms with Crippen LogP contribution in [0, 0.1) is 0 Å². The topological polar surface area (TPSA) is 64.3 Å². The van der Waals surface area contributed by atoms with Gasteiger partial charge in [-0.2, -0.15) is 0 Å². The Morgan fingerprint density at radius 2 is 1.68 bits per heavy atom. The number of fused-ring (bicyclic) bond motifs is 1. The minimum absolute atomic E-state index is 0.0628. The third kappa shape index (κ3) is 3.17. The van der Waals surface area contributed by atoms with E-state index in [0.29, 0.717) is 17.1 Å². The second kappa shape index (κ2) is 6.18. The Kier molecular flexibility index (Phi) is 3.92. The van der Waals surface area contributed by atoms with Gasteiger partial charge in [-0.1, -0.05) is 42.5 Å². The molecule has 3 rings (SSSR count). The molecule has 3 N–H and O–H groups in total. The fraction of sp³-hybridized carbons (Fsp3) is 0.0556. The van der Waals surface area contributed by atoms with Crippen molar-refractivity contribution < 1.29 is 9.53 Å². The molecule has 0 aromatic heterocycles. The number of nitrogens with one attached hydrogen (secondary N) is 1. The smallest absolute Gasteiger partial charge is 0.262 e. The molecule has 0 aliphatic heterocycles. The summed E-state index contributed by atoms with van der Waals surface area (Å²) in [4.78, 5) is 11.9. The van der Waals surface area contributed by atoms with E-state index in [1.807, 2.05) is 54.6 Å². The predicted octanol–water partition coefficient (Wildman–Crippen LogP) is 3.44. The molecule has 0 spiro atoms. The highest BCUT2D eigenvalue weighted by atomic mass is 16.5. The van der Waals surface area contributed by atoms with E-state index in [-0.39, 0.29) is 12.5 Å². The number of benzene rings is 3. The number of carbonyl (C=O) groups excluding carboxylic acids is 1. The lowest BCUT2D eigenvalue weighted by atomic mass is 10.1. The van der Waals surface area contributed by atoms with E-state index in [1.54, 1.807) is 12.1 Å². The SMILES string of the molecule is Nc1ccccc1NC(=O)COc1ccc2ccccc2c1. The molecule has 3 aromatic carbocycles. The quantitative estimate of drug-likeness (QED) is 0.724. The third-order valence-electron chi connectivity index (χ3n) is 3.33. The molecular weight excluding hydrogens is 276 g/mol. The van der Waals surface area contributed by atoms with Crippen LogP contribution in [0.15, 0.2) is 66.7 Å². The van der Waals surface area contributed by atoms with Crippen LogP contribution in [0.4, 0.5) is 11.4 Å². The molecular formula is C18H16N2O2. The highest BCUT2D eigenvalue weighted by molar-refractivity contribution is 5.94. The van der Waals surface area contributed by atoms with Gasteiger partial charge in [0.05, 0.1) is 11.4 Å². The van der Waals surface area contributed by atoms with Crippen LogP contribution < -0.4 is 15.8 Å². The van der Waals surface area contributed by atoms with Crippen molar-refractivity contribution in [3.63, 3.8) is 0 Å². The molecule has 0 unspecified atom stereocenters. The van der Waals surface area contributed by atoms with Gasteiger partial charge >= 0.3 is 0 Å². The van der Waals surface area contributed by atoms with Gasteiger partial charge in [0.15, 0.2) is 6.61 Å². The number of para-hydroxylation sites is 2. The van der Waals surface area contributed by atoms with E-state index in [9.17, 15) is 4.79 Å². The predicted molar refractivity (Wildman–Crippen MR) is 88.9 cm³/mol. The number of carbonyl (C=O) groups is 1. The van der Waals surface area contributed by atoms with E-state index >= 15 is 0 Å². The van der Waals surface area contributed by atoms with Gasteiger partial charge in [0.2, 0.25) is 0 Å². The van der Waals surface area contributed by atoms with Crippen molar-refractivity contribution in [1.82, 2.24) is 0 Å². The second-order valence-electron chi connectivity index (χ2n) is 4.93. The summed E-state index contributed by atoms with van der Waals surface area (Å²) < 4.78 is 5.54. The summed E-state index contributed by atoms with van der Waals surface area (Å²) in [6.45, 7) is -0.0628. The molecule has 1 amide bonds. The van der Waals surface area contributed by atoms with Gasteiger partial charge < -0.3 is 15.8 Å². The van der Waals surface area contributed by atoms with E-state index in [1.165, 1.54) is 0 Å². The second-order valence-corrected chi connectivity index (χ2v) is 4.93. The van der Waals surface area contributed by atoms with E-state index in [0.717, 1.165) is 10.8 Å². The van der Waals surface area contributed by atoms with E-state index in [2.05, 4.69) is 5.32 Å². The zero-order valence-electron chi connectivity index (χ0n) is 12.0. The van der Waals surface area contributed by atoms with Crippen molar-refractivity contribution in [2.75, 3.05) is 17.7 Å². The minimum Gasteiger partial charge on any atom is -0.484 e. The molecule has 0 saturated heterocycles. The van der Waals surface area contributed by atoms with E-state index in [4.69, 9.17) is 10.5 Å². The summed E-state index contributed by atoms with van der Waals surface area (Å²) in [5.41, 5.74) is 6.90. The van der Waals surface area contributed by atoms with Gasteiger partial charge in [0, 0.05) is 0 Å². The van der Waals surface area contributed by atoms with Crippen LogP contribution in [-0.2, 0) is 4.79 Å². The van der Waals surface area contributed by atoms with Gasteiger partial charge in [0.1, 0.15) is 5.75 Å². The molecule has 3 aromatic rings. The van der Waals surface area contributed by atoms with Crippen LogP contribution in [0.1, 0.15) is 0 Å². The average Bonchev–Trinajstić information content (AvgIpc) is 2.55. The normalized spacial score (nSPS) is 10.4. The summed E-state index contributed by atoms with van der Waals surface area (Å²) in [6, 6.07) is 20.9. The van der Waals surface area contributed by atoms with Gasteiger partial charge in [-0.15, -0.1) is 0 Å². The number of nitrogens with two attached hydrogens (primary N) is 1. The molecule has 4 heteroatoms. The highest BCUT2D eigenvalue weighted by Gasteiger charge is 2.06. The molecule has 0 radical (unpaired) electrons. The van der Waals surface area contributed by atoms with Crippen molar-refractivity contribution >= 4 is 28.1 Å². The van der Waals surface area contributed by atoms with Crippen molar-refractivity contribution in [1.29, 1.82) is 0 Å². The summed E-state index contributed by atoms with van der Waals surface area (Å²) in [5, 5.41) is 4.94. The maximum atomic E-state index is 11.9. The lowest BCUT2D eigenvalue weighted by Crippen LogP contribution is -2.20. The summed E-state index contributed by atoms with van der Waals surface area (Å²) in [6.07, 6.45) is 0. The highest BCUT2D eigenvalue weighted by Crippen LogP contribution is 2.21. The van der Waals surface area contributed by atoms with Crippen molar-refractivity contribution in [3.8, 4) is 5.75 Å². The van der Waals surface area contributed by atoms with Gasteiger partial charge in [0.25, 0.3) is 5.91 Å². The number of hydrogen-bond donors (Lipinski definition) is 2. The molecule has 0 heterocycles.